The molecule has 0 radical (unpaired) electrons. The smallest absolute Gasteiger partial charge is 0.352 e. The quantitative estimate of drug-likeness (QED) is 0.582. The molecule has 0 unspecified atom stereocenters. The van der Waals surface area contributed by atoms with Crippen LogP contribution in [0.2, 0.25) is 0 Å². The predicted octanol–water partition coefficient (Wildman–Crippen LogP) is 0.253. The molecule has 0 aromatic heterocycles. The second-order valence-electron chi connectivity index (χ2n) is 3.93. The number of rotatable bonds is 6. The zero-order valence-corrected chi connectivity index (χ0v) is 10.2. The van der Waals surface area contributed by atoms with Gasteiger partial charge in [-0.25, -0.2) is 4.79 Å². The second kappa shape index (κ2) is 7.43. The summed E-state index contributed by atoms with van der Waals surface area (Å²) in [6, 6.07) is 0. The maximum Gasteiger partial charge on any atom is 0.352 e. The third-order valence-corrected chi connectivity index (χ3v) is 1.83. The van der Waals surface area contributed by atoms with Crippen LogP contribution in [-0.4, -0.2) is 29.4 Å². The van der Waals surface area contributed by atoms with Crippen molar-refractivity contribution >= 4 is 17.8 Å². The molecule has 0 fully saturated rings. The van der Waals surface area contributed by atoms with Crippen molar-refractivity contribution in [3.63, 3.8) is 0 Å². The normalized spacial score (nSPS) is 11.2. The van der Waals surface area contributed by atoms with Crippen molar-refractivity contribution in [3.05, 3.63) is 11.8 Å². The molecular weight excluding hydrogens is 224 g/mol. The Morgan fingerprint density at radius 2 is 1.82 bits per heavy atom. The summed E-state index contributed by atoms with van der Waals surface area (Å²) >= 11 is 0. The fraction of sp³-hybridized carbons (Fsp3) is 0.545. The van der Waals surface area contributed by atoms with Crippen LogP contribution in [0.3, 0.4) is 0 Å². The fourth-order valence-electron chi connectivity index (χ4n) is 1.07. The standard InChI is InChI=1S/C11H18N2O4/c1-4-8(11(16)17)13-10(15)6-12-9(14)5-7(2)3/h4,7H,5-6H2,1-3H3,(H,12,14)(H,13,15)(H,16,17)/b8-4-. The van der Waals surface area contributed by atoms with Crippen molar-refractivity contribution in [1.82, 2.24) is 10.6 Å². The van der Waals surface area contributed by atoms with Crippen LogP contribution in [-0.2, 0) is 14.4 Å². The van der Waals surface area contributed by atoms with Gasteiger partial charge in [0.25, 0.3) is 0 Å². The Balaban J connectivity index is 4.04. The minimum absolute atomic E-state index is 0.201. The Bertz CT molecular complexity index is 334. The number of carboxylic acid groups (broad SMARTS) is 1. The number of hydrogen-bond acceptors (Lipinski definition) is 3. The Morgan fingerprint density at radius 3 is 2.24 bits per heavy atom. The molecule has 0 rings (SSSR count). The molecule has 0 aromatic rings. The maximum atomic E-state index is 11.3. The summed E-state index contributed by atoms with van der Waals surface area (Å²) in [5, 5.41) is 13.2. The van der Waals surface area contributed by atoms with E-state index in [4.69, 9.17) is 5.11 Å². The first-order chi connectivity index (χ1) is 7.86. The molecule has 0 aliphatic carbocycles. The summed E-state index contributed by atoms with van der Waals surface area (Å²) in [5.41, 5.74) is -0.201. The lowest BCUT2D eigenvalue weighted by Crippen LogP contribution is -2.38. The van der Waals surface area contributed by atoms with Crippen LogP contribution in [0.15, 0.2) is 11.8 Å². The van der Waals surface area contributed by atoms with Gasteiger partial charge in [-0.05, 0) is 12.8 Å². The topological polar surface area (TPSA) is 95.5 Å². The van der Waals surface area contributed by atoms with E-state index in [0.717, 1.165) is 0 Å². The van der Waals surface area contributed by atoms with Crippen molar-refractivity contribution in [1.29, 1.82) is 0 Å². The lowest BCUT2D eigenvalue weighted by atomic mass is 10.1. The predicted molar refractivity (Wildman–Crippen MR) is 62.0 cm³/mol. The molecule has 6 heteroatoms. The molecule has 6 nitrogen and oxygen atoms in total. The molecule has 0 spiro atoms. The van der Waals surface area contributed by atoms with Gasteiger partial charge in [-0.3, -0.25) is 9.59 Å². The number of carbonyl (C=O) groups excluding carboxylic acids is 2. The lowest BCUT2D eigenvalue weighted by molar-refractivity contribution is -0.134. The largest absolute Gasteiger partial charge is 0.477 e. The zero-order chi connectivity index (χ0) is 13.4. The first kappa shape index (κ1) is 15.2. The molecule has 0 heterocycles. The van der Waals surface area contributed by atoms with Gasteiger partial charge in [0.2, 0.25) is 11.8 Å². The van der Waals surface area contributed by atoms with Gasteiger partial charge < -0.3 is 15.7 Å². The number of hydrogen-bond donors (Lipinski definition) is 3. The summed E-state index contributed by atoms with van der Waals surface area (Å²) in [4.78, 5) is 33.1. The van der Waals surface area contributed by atoms with E-state index >= 15 is 0 Å². The fourth-order valence-corrected chi connectivity index (χ4v) is 1.07. The molecule has 0 saturated heterocycles. The number of allylic oxidation sites excluding steroid dienone is 1. The van der Waals surface area contributed by atoms with Crippen LogP contribution in [0.5, 0.6) is 0 Å². The number of amides is 2. The van der Waals surface area contributed by atoms with E-state index in [1.54, 1.807) is 0 Å². The number of carboxylic acids is 1. The highest BCUT2D eigenvalue weighted by molar-refractivity contribution is 5.94. The third-order valence-electron chi connectivity index (χ3n) is 1.83. The van der Waals surface area contributed by atoms with Gasteiger partial charge >= 0.3 is 5.97 Å². The summed E-state index contributed by atoms with van der Waals surface area (Å²) in [6.07, 6.45) is 1.61. The third kappa shape index (κ3) is 7.10. The van der Waals surface area contributed by atoms with E-state index < -0.39 is 11.9 Å². The van der Waals surface area contributed by atoms with Crippen LogP contribution in [0.1, 0.15) is 27.2 Å². The highest BCUT2D eigenvalue weighted by Gasteiger charge is 2.11. The summed E-state index contributed by atoms with van der Waals surface area (Å²) in [5.74, 6) is -1.79. The Hall–Kier alpha value is -1.85. The van der Waals surface area contributed by atoms with E-state index in [-0.39, 0.29) is 24.1 Å². The second-order valence-corrected chi connectivity index (χ2v) is 3.93. The van der Waals surface area contributed by atoms with E-state index in [1.807, 2.05) is 13.8 Å². The average molecular weight is 242 g/mol. The monoisotopic (exact) mass is 242 g/mol. The highest BCUT2D eigenvalue weighted by Crippen LogP contribution is 1.97. The Kier molecular flexibility index (Phi) is 6.62. The van der Waals surface area contributed by atoms with E-state index in [2.05, 4.69) is 10.6 Å². The van der Waals surface area contributed by atoms with Crippen molar-refractivity contribution in [2.24, 2.45) is 5.92 Å². The number of carbonyl (C=O) groups is 3. The highest BCUT2D eigenvalue weighted by atomic mass is 16.4. The lowest BCUT2D eigenvalue weighted by Gasteiger charge is -2.08. The van der Waals surface area contributed by atoms with Gasteiger partial charge in [0.1, 0.15) is 5.70 Å². The minimum atomic E-state index is -1.21. The first-order valence-corrected chi connectivity index (χ1v) is 5.33. The van der Waals surface area contributed by atoms with Crippen LogP contribution in [0.4, 0.5) is 0 Å². The average Bonchev–Trinajstić information content (AvgIpc) is 2.21. The Labute approximate surface area is 100 Å². The molecule has 0 atom stereocenters. The van der Waals surface area contributed by atoms with E-state index in [9.17, 15) is 14.4 Å². The number of aliphatic carboxylic acids is 1. The summed E-state index contributed by atoms with van der Waals surface area (Å²) in [6.45, 7) is 5.06. The first-order valence-electron chi connectivity index (χ1n) is 5.33. The van der Waals surface area contributed by atoms with E-state index in [0.29, 0.717) is 6.42 Å². The zero-order valence-electron chi connectivity index (χ0n) is 10.2. The Morgan fingerprint density at radius 1 is 1.24 bits per heavy atom. The number of nitrogens with one attached hydrogen (secondary N) is 2. The van der Waals surface area contributed by atoms with Crippen molar-refractivity contribution in [3.8, 4) is 0 Å². The molecule has 0 aromatic carbocycles. The van der Waals surface area contributed by atoms with Crippen LogP contribution in [0.25, 0.3) is 0 Å². The van der Waals surface area contributed by atoms with Crippen molar-refractivity contribution < 1.29 is 19.5 Å². The molecule has 0 bridgehead atoms. The van der Waals surface area contributed by atoms with Gasteiger partial charge in [-0.1, -0.05) is 19.9 Å². The summed E-state index contributed by atoms with van der Waals surface area (Å²) < 4.78 is 0. The van der Waals surface area contributed by atoms with Crippen LogP contribution in [0, 0.1) is 5.92 Å². The molecule has 0 saturated carbocycles. The molecule has 0 aliphatic rings. The van der Waals surface area contributed by atoms with Crippen molar-refractivity contribution in [2.75, 3.05) is 6.54 Å². The molecule has 3 N–H and O–H groups in total. The van der Waals surface area contributed by atoms with Gasteiger partial charge in [0.15, 0.2) is 0 Å². The van der Waals surface area contributed by atoms with Gasteiger partial charge in [-0.2, -0.15) is 0 Å². The van der Waals surface area contributed by atoms with Gasteiger partial charge in [0.05, 0.1) is 6.54 Å². The molecular formula is C11H18N2O4. The van der Waals surface area contributed by atoms with Gasteiger partial charge in [0, 0.05) is 6.42 Å². The summed E-state index contributed by atoms with van der Waals surface area (Å²) in [7, 11) is 0. The maximum absolute atomic E-state index is 11.3. The van der Waals surface area contributed by atoms with Crippen LogP contribution < -0.4 is 10.6 Å². The molecule has 96 valence electrons. The molecule has 0 aliphatic heterocycles. The molecule has 17 heavy (non-hydrogen) atoms. The van der Waals surface area contributed by atoms with Crippen molar-refractivity contribution in [2.45, 2.75) is 27.2 Å². The van der Waals surface area contributed by atoms with Crippen LogP contribution >= 0.6 is 0 Å². The van der Waals surface area contributed by atoms with E-state index in [1.165, 1.54) is 13.0 Å². The molecule has 2 amide bonds. The SMILES string of the molecule is C/C=C(\NC(=O)CNC(=O)CC(C)C)C(=O)O. The minimum Gasteiger partial charge on any atom is -0.477 e. The van der Waals surface area contributed by atoms with Gasteiger partial charge in [-0.15, -0.1) is 0 Å².